The number of azide groups is 3. The summed E-state index contributed by atoms with van der Waals surface area (Å²) in [5.74, 6) is -0.424. The van der Waals surface area contributed by atoms with Crippen LogP contribution < -0.4 is 5.32 Å². The second kappa shape index (κ2) is 10.6. The van der Waals surface area contributed by atoms with Crippen LogP contribution in [0.4, 0.5) is 0 Å². The monoisotopic (exact) mass is 386 g/mol. The number of benzene rings is 1. The van der Waals surface area contributed by atoms with Crippen molar-refractivity contribution in [3.63, 3.8) is 0 Å². The second-order valence-corrected chi connectivity index (χ2v) is 5.87. The van der Waals surface area contributed by atoms with E-state index in [1.165, 1.54) is 6.92 Å². The number of carbonyl (C=O) groups is 1. The second-order valence-electron chi connectivity index (χ2n) is 5.87. The van der Waals surface area contributed by atoms with E-state index in [4.69, 9.17) is 26.1 Å². The maximum absolute atomic E-state index is 11.7. The van der Waals surface area contributed by atoms with Crippen LogP contribution in [0.5, 0.6) is 0 Å². The molecule has 0 aromatic heterocycles. The van der Waals surface area contributed by atoms with Crippen LogP contribution in [0.1, 0.15) is 12.5 Å². The van der Waals surface area contributed by atoms with E-state index in [0.29, 0.717) is 0 Å². The average molecular weight is 386 g/mol. The minimum atomic E-state index is -1.06. The fraction of sp³-hybridized carbons (Fsp3) is 0.533. The van der Waals surface area contributed by atoms with Crippen molar-refractivity contribution in [3.05, 3.63) is 67.2 Å². The topological polar surface area (TPSA) is 194 Å². The Hall–Kier alpha value is -3.46. The molecule has 2 rings (SSSR count). The molecular formula is C15H18N10O3. The molecule has 1 N–H and O–H groups in total. The average Bonchev–Trinajstić information content (AvgIpc) is 2.69. The van der Waals surface area contributed by atoms with E-state index in [1.54, 1.807) is 0 Å². The van der Waals surface area contributed by atoms with Gasteiger partial charge >= 0.3 is 0 Å². The zero-order valence-corrected chi connectivity index (χ0v) is 14.9. The first-order valence-electron chi connectivity index (χ1n) is 8.28. The standard InChI is InChI=1S/C15H18N10O3/c1-9(26)20-13-12(21-24-17)11(7-19-23-16)28-15(14(13)22-25-18)27-8-10-5-3-2-4-6-10/h2-6,11-15H,7-8H2,1H3,(H,20,26). The summed E-state index contributed by atoms with van der Waals surface area (Å²) in [5, 5.41) is 13.4. The summed E-state index contributed by atoms with van der Waals surface area (Å²) in [6.45, 7) is 1.26. The van der Waals surface area contributed by atoms with Crippen molar-refractivity contribution in [1.82, 2.24) is 5.32 Å². The van der Waals surface area contributed by atoms with Gasteiger partial charge in [-0.15, -0.1) is 0 Å². The molecule has 5 atom stereocenters. The molecule has 28 heavy (non-hydrogen) atoms. The molecule has 1 fully saturated rings. The van der Waals surface area contributed by atoms with Crippen molar-refractivity contribution < 1.29 is 14.3 Å². The maximum Gasteiger partial charge on any atom is 0.217 e. The van der Waals surface area contributed by atoms with Crippen LogP contribution in [-0.2, 0) is 20.9 Å². The molecule has 0 saturated carbocycles. The van der Waals surface area contributed by atoms with Gasteiger partial charge in [-0.05, 0) is 22.2 Å². The Labute approximate surface area is 159 Å². The normalized spacial score (nSPS) is 26.1. The van der Waals surface area contributed by atoms with Crippen LogP contribution in [0.25, 0.3) is 31.3 Å². The van der Waals surface area contributed by atoms with Gasteiger partial charge in [0.15, 0.2) is 6.29 Å². The molecule has 13 heteroatoms. The lowest BCUT2D eigenvalue weighted by Crippen LogP contribution is -2.63. The van der Waals surface area contributed by atoms with Crippen molar-refractivity contribution in [1.29, 1.82) is 0 Å². The molecule has 0 bridgehead atoms. The number of carbonyl (C=O) groups excluding carboxylic acids is 1. The van der Waals surface area contributed by atoms with E-state index in [1.807, 2.05) is 30.3 Å². The summed E-state index contributed by atoms with van der Waals surface area (Å²) in [5.41, 5.74) is 27.3. The molecule has 1 heterocycles. The van der Waals surface area contributed by atoms with Crippen molar-refractivity contribution in [2.24, 2.45) is 15.3 Å². The van der Waals surface area contributed by atoms with Gasteiger partial charge in [-0.2, -0.15) is 0 Å². The summed E-state index contributed by atoms with van der Waals surface area (Å²) in [6.07, 6.45) is -1.94. The van der Waals surface area contributed by atoms with Gasteiger partial charge in [0.05, 0.1) is 31.3 Å². The third kappa shape index (κ3) is 5.52. The first kappa shape index (κ1) is 20.8. The summed E-state index contributed by atoms with van der Waals surface area (Å²) >= 11 is 0. The van der Waals surface area contributed by atoms with Crippen LogP contribution in [0.3, 0.4) is 0 Å². The third-order valence-corrected chi connectivity index (χ3v) is 4.03. The van der Waals surface area contributed by atoms with Crippen LogP contribution >= 0.6 is 0 Å². The fourth-order valence-corrected chi connectivity index (χ4v) is 2.89. The molecule has 13 nitrogen and oxygen atoms in total. The highest BCUT2D eigenvalue weighted by atomic mass is 16.7. The zero-order chi connectivity index (χ0) is 20.4. The molecule has 1 amide bonds. The Morgan fingerprint density at radius 1 is 1.14 bits per heavy atom. The lowest BCUT2D eigenvalue weighted by molar-refractivity contribution is -0.216. The van der Waals surface area contributed by atoms with Crippen molar-refractivity contribution in [2.45, 2.75) is 44.1 Å². The van der Waals surface area contributed by atoms with E-state index in [0.717, 1.165) is 5.56 Å². The molecule has 146 valence electrons. The fourth-order valence-electron chi connectivity index (χ4n) is 2.89. The largest absolute Gasteiger partial charge is 0.352 e. The molecule has 1 aliphatic heterocycles. The van der Waals surface area contributed by atoms with E-state index in [2.05, 4.69) is 35.4 Å². The van der Waals surface area contributed by atoms with Gasteiger partial charge in [0, 0.05) is 21.7 Å². The Balaban J connectivity index is 2.34. The van der Waals surface area contributed by atoms with Crippen LogP contribution in [0.2, 0.25) is 0 Å². The quantitative estimate of drug-likeness (QED) is 0.408. The molecule has 1 aliphatic rings. The molecule has 1 aromatic rings. The first-order chi connectivity index (χ1) is 13.6. The molecule has 0 aliphatic carbocycles. The molecule has 0 radical (unpaired) electrons. The van der Waals surface area contributed by atoms with Crippen molar-refractivity contribution >= 4 is 5.91 Å². The predicted molar refractivity (Wildman–Crippen MR) is 97.4 cm³/mol. The number of nitrogens with one attached hydrogen (secondary N) is 1. The number of hydrogen-bond acceptors (Lipinski definition) is 6. The number of ether oxygens (including phenoxy) is 2. The summed E-state index contributed by atoms with van der Waals surface area (Å²) in [6, 6.07) is 6.35. The Bertz CT molecular complexity index is 815. The van der Waals surface area contributed by atoms with E-state index < -0.39 is 36.4 Å². The number of amides is 1. The Morgan fingerprint density at radius 2 is 1.82 bits per heavy atom. The van der Waals surface area contributed by atoms with E-state index >= 15 is 0 Å². The molecule has 1 aromatic carbocycles. The van der Waals surface area contributed by atoms with Gasteiger partial charge in [0.25, 0.3) is 0 Å². The van der Waals surface area contributed by atoms with Crippen LogP contribution in [-0.4, -0.2) is 43.0 Å². The van der Waals surface area contributed by atoms with Crippen molar-refractivity contribution in [3.8, 4) is 0 Å². The van der Waals surface area contributed by atoms with Gasteiger partial charge in [0.2, 0.25) is 5.91 Å². The van der Waals surface area contributed by atoms with Gasteiger partial charge in [-0.1, -0.05) is 45.7 Å². The zero-order valence-electron chi connectivity index (χ0n) is 14.9. The van der Waals surface area contributed by atoms with Crippen molar-refractivity contribution in [2.75, 3.05) is 6.54 Å². The van der Waals surface area contributed by atoms with E-state index in [-0.39, 0.29) is 13.2 Å². The first-order valence-corrected chi connectivity index (χ1v) is 8.28. The highest BCUT2D eigenvalue weighted by molar-refractivity contribution is 5.73. The SMILES string of the molecule is CC(=O)NC1C(N=[N+]=[N-])C(CN=[N+]=[N-])OC(OCc2ccccc2)C1N=[N+]=[N-]. The van der Waals surface area contributed by atoms with Gasteiger partial charge in [0.1, 0.15) is 6.04 Å². The van der Waals surface area contributed by atoms with Gasteiger partial charge in [-0.25, -0.2) is 0 Å². The number of hydrogen-bond donors (Lipinski definition) is 1. The summed E-state index contributed by atoms with van der Waals surface area (Å²) in [7, 11) is 0. The number of nitrogens with zero attached hydrogens (tertiary/aromatic N) is 9. The third-order valence-electron chi connectivity index (χ3n) is 4.03. The highest BCUT2D eigenvalue weighted by Crippen LogP contribution is 2.28. The Kier molecular flexibility index (Phi) is 7.92. The lowest BCUT2D eigenvalue weighted by atomic mass is 9.92. The molecular weight excluding hydrogens is 368 g/mol. The minimum Gasteiger partial charge on any atom is -0.352 e. The van der Waals surface area contributed by atoms with Gasteiger partial charge in [-0.3, -0.25) is 4.79 Å². The molecule has 1 saturated heterocycles. The van der Waals surface area contributed by atoms with Gasteiger partial charge < -0.3 is 14.8 Å². The van der Waals surface area contributed by atoms with Crippen LogP contribution in [0, 0.1) is 0 Å². The molecule has 5 unspecified atom stereocenters. The smallest absolute Gasteiger partial charge is 0.217 e. The number of rotatable bonds is 8. The lowest BCUT2D eigenvalue weighted by Gasteiger charge is -2.43. The highest BCUT2D eigenvalue weighted by Gasteiger charge is 2.46. The molecule has 0 spiro atoms. The summed E-state index contributed by atoms with van der Waals surface area (Å²) in [4.78, 5) is 19.9. The minimum absolute atomic E-state index is 0.149. The summed E-state index contributed by atoms with van der Waals surface area (Å²) < 4.78 is 11.6. The van der Waals surface area contributed by atoms with Crippen LogP contribution in [0.15, 0.2) is 45.7 Å². The predicted octanol–water partition coefficient (Wildman–Crippen LogP) is 3.10. The Morgan fingerprint density at radius 3 is 2.43 bits per heavy atom. The maximum atomic E-state index is 11.7. The van der Waals surface area contributed by atoms with E-state index in [9.17, 15) is 4.79 Å².